The Bertz CT molecular complexity index is 432. The molecule has 3 atom stereocenters. The second-order valence-corrected chi connectivity index (χ2v) is 6.11. The fraction of sp³-hybridized carbons (Fsp3) is 0.846. The van der Waals surface area contributed by atoms with E-state index in [4.69, 9.17) is 4.98 Å². The van der Waals surface area contributed by atoms with Crippen molar-refractivity contribution in [3.05, 3.63) is 5.82 Å². The van der Waals surface area contributed by atoms with Crippen molar-refractivity contribution in [2.75, 3.05) is 24.5 Å². The summed E-state index contributed by atoms with van der Waals surface area (Å²) in [5.41, 5.74) is 0. The summed E-state index contributed by atoms with van der Waals surface area (Å²) in [5, 5.41) is 11.1. The first-order chi connectivity index (χ1) is 8.83. The standard InChI is InChI=1S/C13H21N5/c1-8-7-18(6-5-14-8)13-15-12(16-17-13)11-9-3-2-4-10(9)11/h8-11,14H,2-7H2,1H3,(H,15,16,17). The van der Waals surface area contributed by atoms with Gasteiger partial charge in [-0.2, -0.15) is 4.98 Å². The Kier molecular flexibility index (Phi) is 2.37. The molecule has 1 aromatic heterocycles. The number of piperazine rings is 1. The normalized spacial score (nSPS) is 38.8. The molecule has 5 nitrogen and oxygen atoms in total. The van der Waals surface area contributed by atoms with Crippen LogP contribution in [0.1, 0.15) is 37.9 Å². The van der Waals surface area contributed by atoms with Crippen LogP contribution in [-0.2, 0) is 0 Å². The van der Waals surface area contributed by atoms with Gasteiger partial charge < -0.3 is 10.2 Å². The predicted molar refractivity (Wildman–Crippen MR) is 69.6 cm³/mol. The highest BCUT2D eigenvalue weighted by Crippen LogP contribution is 2.62. The molecule has 2 saturated carbocycles. The molecule has 0 spiro atoms. The monoisotopic (exact) mass is 247 g/mol. The summed E-state index contributed by atoms with van der Waals surface area (Å²) in [6, 6.07) is 0.529. The number of rotatable bonds is 2. The fourth-order valence-electron chi connectivity index (χ4n) is 3.90. The average molecular weight is 247 g/mol. The van der Waals surface area contributed by atoms with Gasteiger partial charge in [-0.1, -0.05) is 6.42 Å². The second-order valence-electron chi connectivity index (χ2n) is 6.11. The molecule has 1 aliphatic heterocycles. The lowest BCUT2D eigenvalue weighted by Crippen LogP contribution is -2.49. The van der Waals surface area contributed by atoms with E-state index in [9.17, 15) is 0 Å². The van der Waals surface area contributed by atoms with Crippen LogP contribution in [0.2, 0.25) is 0 Å². The molecule has 18 heavy (non-hydrogen) atoms. The van der Waals surface area contributed by atoms with E-state index in [0.29, 0.717) is 12.0 Å². The predicted octanol–water partition coefficient (Wildman–Crippen LogP) is 1.12. The average Bonchev–Trinajstić information content (AvgIpc) is 2.82. The molecular formula is C13H21N5. The number of nitrogens with zero attached hydrogens (tertiary/aromatic N) is 3. The third kappa shape index (κ3) is 1.64. The van der Waals surface area contributed by atoms with E-state index in [1.54, 1.807) is 0 Å². The third-order valence-corrected chi connectivity index (χ3v) is 4.86. The summed E-state index contributed by atoms with van der Waals surface area (Å²) in [4.78, 5) is 7.04. The molecule has 98 valence electrons. The van der Waals surface area contributed by atoms with Crippen molar-refractivity contribution < 1.29 is 0 Å². The number of aromatic amines is 1. The van der Waals surface area contributed by atoms with Crippen molar-refractivity contribution in [3.8, 4) is 0 Å². The molecule has 0 aromatic carbocycles. The Balaban J connectivity index is 1.48. The highest BCUT2D eigenvalue weighted by molar-refractivity contribution is 5.32. The van der Waals surface area contributed by atoms with Crippen molar-refractivity contribution in [2.45, 2.75) is 38.1 Å². The molecule has 1 saturated heterocycles. The molecule has 0 radical (unpaired) electrons. The van der Waals surface area contributed by atoms with Gasteiger partial charge in [-0.25, -0.2) is 0 Å². The van der Waals surface area contributed by atoms with E-state index in [0.717, 1.165) is 43.2 Å². The molecule has 5 heteroatoms. The zero-order valence-electron chi connectivity index (χ0n) is 10.9. The van der Waals surface area contributed by atoms with Gasteiger partial charge >= 0.3 is 0 Å². The van der Waals surface area contributed by atoms with Crippen LogP contribution >= 0.6 is 0 Å². The first-order valence-corrected chi connectivity index (χ1v) is 7.23. The van der Waals surface area contributed by atoms with Gasteiger partial charge in [0.05, 0.1) is 0 Å². The Morgan fingerprint density at radius 1 is 1.28 bits per heavy atom. The molecule has 2 aliphatic carbocycles. The van der Waals surface area contributed by atoms with Crippen LogP contribution in [0, 0.1) is 11.8 Å². The Morgan fingerprint density at radius 2 is 2.11 bits per heavy atom. The molecular weight excluding hydrogens is 226 g/mol. The highest BCUT2D eigenvalue weighted by atomic mass is 15.4. The van der Waals surface area contributed by atoms with E-state index in [1.807, 2.05) is 0 Å². The molecule has 3 fully saturated rings. The van der Waals surface area contributed by atoms with Gasteiger partial charge in [-0.15, -0.1) is 5.10 Å². The van der Waals surface area contributed by atoms with Crippen molar-refractivity contribution in [1.29, 1.82) is 0 Å². The number of anilines is 1. The van der Waals surface area contributed by atoms with Crippen LogP contribution in [0.3, 0.4) is 0 Å². The van der Waals surface area contributed by atoms with Gasteiger partial charge in [-0.05, 0) is 31.6 Å². The Hall–Kier alpha value is -1.10. The van der Waals surface area contributed by atoms with Crippen LogP contribution in [0.4, 0.5) is 5.95 Å². The summed E-state index contributed by atoms with van der Waals surface area (Å²) < 4.78 is 0. The lowest BCUT2D eigenvalue weighted by atomic mass is 10.1. The number of nitrogens with one attached hydrogen (secondary N) is 2. The van der Waals surface area contributed by atoms with Gasteiger partial charge in [0, 0.05) is 31.6 Å². The SMILES string of the molecule is CC1CN(c2n[nH]c(C3C4CCCC43)n2)CCN1. The number of H-pyrrole nitrogens is 1. The van der Waals surface area contributed by atoms with Crippen LogP contribution < -0.4 is 10.2 Å². The van der Waals surface area contributed by atoms with Crippen LogP contribution in [-0.4, -0.2) is 40.9 Å². The molecule has 0 amide bonds. The molecule has 4 rings (SSSR count). The van der Waals surface area contributed by atoms with Gasteiger partial charge in [0.2, 0.25) is 5.95 Å². The smallest absolute Gasteiger partial charge is 0.244 e. The van der Waals surface area contributed by atoms with Gasteiger partial charge in [0.15, 0.2) is 0 Å². The topological polar surface area (TPSA) is 56.8 Å². The number of hydrogen-bond acceptors (Lipinski definition) is 4. The molecule has 3 unspecified atom stereocenters. The third-order valence-electron chi connectivity index (χ3n) is 4.86. The van der Waals surface area contributed by atoms with Crippen LogP contribution in [0.5, 0.6) is 0 Å². The summed E-state index contributed by atoms with van der Waals surface area (Å²) in [5.74, 6) is 4.56. The van der Waals surface area contributed by atoms with E-state index in [1.165, 1.54) is 19.3 Å². The number of aromatic nitrogens is 3. The zero-order chi connectivity index (χ0) is 12.1. The molecule has 2 N–H and O–H groups in total. The minimum absolute atomic E-state index is 0.529. The Morgan fingerprint density at radius 3 is 2.89 bits per heavy atom. The van der Waals surface area contributed by atoms with Gasteiger partial charge in [0.1, 0.15) is 5.82 Å². The maximum absolute atomic E-state index is 4.74. The van der Waals surface area contributed by atoms with Crippen LogP contribution in [0.25, 0.3) is 0 Å². The number of fused-ring (bicyclic) bond motifs is 1. The summed E-state index contributed by atoms with van der Waals surface area (Å²) in [7, 11) is 0. The lowest BCUT2D eigenvalue weighted by molar-refractivity contribution is 0.479. The van der Waals surface area contributed by atoms with Gasteiger partial charge in [-0.3, -0.25) is 5.10 Å². The summed E-state index contributed by atoms with van der Waals surface area (Å²) in [6.45, 7) is 5.26. The minimum Gasteiger partial charge on any atom is -0.337 e. The molecule has 2 heterocycles. The lowest BCUT2D eigenvalue weighted by Gasteiger charge is -2.30. The van der Waals surface area contributed by atoms with E-state index < -0.39 is 0 Å². The van der Waals surface area contributed by atoms with Crippen LogP contribution in [0.15, 0.2) is 0 Å². The van der Waals surface area contributed by atoms with E-state index in [2.05, 4.69) is 27.3 Å². The minimum atomic E-state index is 0.529. The highest BCUT2D eigenvalue weighted by Gasteiger charge is 2.54. The summed E-state index contributed by atoms with van der Waals surface area (Å²) >= 11 is 0. The summed E-state index contributed by atoms with van der Waals surface area (Å²) in [6.07, 6.45) is 4.22. The second kappa shape index (κ2) is 3.95. The molecule has 3 aliphatic rings. The van der Waals surface area contributed by atoms with Crippen molar-refractivity contribution in [1.82, 2.24) is 20.5 Å². The zero-order valence-corrected chi connectivity index (χ0v) is 10.9. The van der Waals surface area contributed by atoms with E-state index in [-0.39, 0.29) is 0 Å². The Labute approximate surface area is 107 Å². The quantitative estimate of drug-likeness (QED) is 0.822. The van der Waals surface area contributed by atoms with Gasteiger partial charge in [0.25, 0.3) is 0 Å². The fourth-order valence-corrected chi connectivity index (χ4v) is 3.90. The maximum Gasteiger partial charge on any atom is 0.244 e. The molecule has 1 aromatic rings. The van der Waals surface area contributed by atoms with Crippen molar-refractivity contribution in [2.24, 2.45) is 11.8 Å². The van der Waals surface area contributed by atoms with Crippen molar-refractivity contribution in [3.63, 3.8) is 0 Å². The van der Waals surface area contributed by atoms with E-state index >= 15 is 0 Å². The molecule has 0 bridgehead atoms. The first kappa shape index (κ1) is 10.8. The number of hydrogen-bond donors (Lipinski definition) is 2. The largest absolute Gasteiger partial charge is 0.337 e. The van der Waals surface area contributed by atoms with Crippen molar-refractivity contribution >= 4 is 5.95 Å². The maximum atomic E-state index is 4.74. The first-order valence-electron chi connectivity index (χ1n) is 7.23.